The molecule has 2 aromatic carbocycles. The number of aliphatic hydroxyl groups excluding tert-OH is 1. The molecule has 0 heterocycles. The number of benzene rings is 2. The van der Waals surface area contributed by atoms with Crippen LogP contribution in [-0.2, 0) is 4.79 Å². The fourth-order valence-corrected chi connectivity index (χ4v) is 2.10. The zero-order chi connectivity index (χ0) is 21.4. The molecule has 1 amide bonds. The maximum absolute atomic E-state index is 12.1. The van der Waals surface area contributed by atoms with Crippen molar-refractivity contribution in [2.45, 2.75) is 13.8 Å². The summed E-state index contributed by atoms with van der Waals surface area (Å²) in [5, 5.41) is 31.4. The molecule has 0 bridgehead atoms. The van der Waals surface area contributed by atoms with Crippen molar-refractivity contribution in [1.82, 2.24) is 5.43 Å². The van der Waals surface area contributed by atoms with Gasteiger partial charge >= 0.3 is 0 Å². The maximum Gasteiger partial charge on any atom is 0.271 e. The molecule has 10 nitrogen and oxygen atoms in total. The Labute approximate surface area is 165 Å². The average Bonchev–Trinajstić information content (AvgIpc) is 2.68. The molecule has 0 aromatic heterocycles. The van der Waals surface area contributed by atoms with Crippen LogP contribution in [0.1, 0.15) is 29.8 Å². The summed E-state index contributed by atoms with van der Waals surface area (Å²) in [4.78, 5) is 33.5. The molecule has 0 aliphatic carbocycles. The van der Waals surface area contributed by atoms with Gasteiger partial charge in [0.1, 0.15) is 5.76 Å². The summed E-state index contributed by atoms with van der Waals surface area (Å²) in [7, 11) is 0. The van der Waals surface area contributed by atoms with Gasteiger partial charge in [-0.05, 0) is 48.9 Å². The van der Waals surface area contributed by atoms with E-state index in [9.17, 15) is 24.8 Å². The molecule has 0 atom stereocenters. The van der Waals surface area contributed by atoms with Crippen molar-refractivity contribution in [2.75, 3.05) is 0 Å². The van der Waals surface area contributed by atoms with E-state index in [2.05, 4.69) is 20.8 Å². The number of non-ortho nitro benzene ring substituents is 1. The summed E-state index contributed by atoms with van der Waals surface area (Å²) < 4.78 is 0. The standard InChI is InChI=1S/C19H17N5O5/c1-12(25)18(13(2)26)22-21-16-7-5-15(6-8-16)19(27)23-20-11-14-3-9-17(10-4-14)24(28)29/h3-11,25H,1-2H3,(H,23,27)/b18-12+,20-11+,22-21?. The predicted molar refractivity (Wildman–Crippen MR) is 105 cm³/mol. The number of Topliss-reactive ketones (excluding diaryl/α,β-unsaturated/α-hetero) is 1. The van der Waals surface area contributed by atoms with Crippen molar-refractivity contribution < 1.29 is 19.6 Å². The molecule has 2 aromatic rings. The van der Waals surface area contributed by atoms with Gasteiger partial charge in [0, 0.05) is 24.6 Å². The second kappa shape index (κ2) is 9.65. The number of hydrogen-bond donors (Lipinski definition) is 2. The van der Waals surface area contributed by atoms with Crippen molar-refractivity contribution in [3.63, 3.8) is 0 Å². The van der Waals surface area contributed by atoms with Gasteiger partial charge in [-0.25, -0.2) is 5.43 Å². The lowest BCUT2D eigenvalue weighted by atomic mass is 10.2. The number of hydrazone groups is 1. The van der Waals surface area contributed by atoms with E-state index in [0.717, 1.165) is 0 Å². The van der Waals surface area contributed by atoms with Crippen molar-refractivity contribution in [2.24, 2.45) is 15.3 Å². The van der Waals surface area contributed by atoms with Gasteiger partial charge in [-0.1, -0.05) is 0 Å². The number of ketones is 1. The summed E-state index contributed by atoms with van der Waals surface area (Å²) >= 11 is 0. The Morgan fingerprint density at radius 3 is 2.21 bits per heavy atom. The smallest absolute Gasteiger partial charge is 0.271 e. The van der Waals surface area contributed by atoms with Crippen LogP contribution in [0.4, 0.5) is 11.4 Å². The average molecular weight is 395 g/mol. The predicted octanol–water partition coefficient (Wildman–Crippen LogP) is 3.82. The lowest BCUT2D eigenvalue weighted by molar-refractivity contribution is -0.384. The van der Waals surface area contributed by atoms with Gasteiger partial charge in [-0.2, -0.15) is 10.2 Å². The Morgan fingerprint density at radius 2 is 1.69 bits per heavy atom. The molecule has 0 spiro atoms. The molecule has 0 aliphatic rings. The number of hydrogen-bond acceptors (Lipinski definition) is 8. The summed E-state index contributed by atoms with van der Waals surface area (Å²) in [6, 6.07) is 11.7. The highest BCUT2D eigenvalue weighted by Crippen LogP contribution is 2.16. The maximum atomic E-state index is 12.1. The monoisotopic (exact) mass is 395 g/mol. The van der Waals surface area contributed by atoms with Gasteiger partial charge in [0.15, 0.2) is 11.5 Å². The lowest BCUT2D eigenvalue weighted by Gasteiger charge is -2.01. The normalized spacial score (nSPS) is 12.1. The van der Waals surface area contributed by atoms with Crippen LogP contribution in [0.3, 0.4) is 0 Å². The van der Waals surface area contributed by atoms with E-state index in [1.807, 2.05) is 0 Å². The number of rotatable bonds is 7. The highest BCUT2D eigenvalue weighted by atomic mass is 16.6. The topological polar surface area (TPSA) is 147 Å². The third kappa shape index (κ3) is 6.17. The van der Waals surface area contributed by atoms with Gasteiger partial charge in [-0.15, -0.1) is 5.11 Å². The molecule has 29 heavy (non-hydrogen) atoms. The first-order valence-corrected chi connectivity index (χ1v) is 8.28. The summed E-state index contributed by atoms with van der Waals surface area (Å²) in [5.41, 5.74) is 3.44. The number of nitrogens with one attached hydrogen (secondary N) is 1. The zero-order valence-corrected chi connectivity index (χ0v) is 15.6. The quantitative estimate of drug-likeness (QED) is 0.183. The van der Waals surface area contributed by atoms with E-state index < -0.39 is 16.6 Å². The first-order chi connectivity index (χ1) is 13.8. The first kappa shape index (κ1) is 21.1. The second-order valence-corrected chi connectivity index (χ2v) is 5.78. The first-order valence-electron chi connectivity index (χ1n) is 8.28. The van der Waals surface area contributed by atoms with E-state index in [4.69, 9.17) is 0 Å². The molecule has 0 saturated heterocycles. The van der Waals surface area contributed by atoms with Crippen molar-refractivity contribution >= 4 is 29.3 Å². The van der Waals surface area contributed by atoms with E-state index in [1.54, 1.807) is 0 Å². The molecule has 2 rings (SSSR count). The van der Waals surface area contributed by atoms with E-state index in [0.29, 0.717) is 16.8 Å². The van der Waals surface area contributed by atoms with Crippen LogP contribution in [-0.4, -0.2) is 27.9 Å². The number of azo groups is 1. The summed E-state index contributed by atoms with van der Waals surface area (Å²) in [5.74, 6) is -1.12. The molecule has 0 aliphatic heterocycles. The third-order valence-corrected chi connectivity index (χ3v) is 3.55. The van der Waals surface area contributed by atoms with Gasteiger partial charge in [-0.3, -0.25) is 19.7 Å². The van der Waals surface area contributed by atoms with Gasteiger partial charge in [0.25, 0.3) is 11.6 Å². The minimum absolute atomic E-state index is 0.0384. The molecule has 2 N–H and O–H groups in total. The summed E-state index contributed by atoms with van der Waals surface area (Å²) in [6.07, 6.45) is 1.36. The minimum atomic E-state index is -0.506. The van der Waals surface area contributed by atoms with Gasteiger partial charge in [0.2, 0.25) is 0 Å². The zero-order valence-electron chi connectivity index (χ0n) is 15.6. The number of nitro groups is 1. The van der Waals surface area contributed by atoms with Crippen molar-refractivity contribution in [1.29, 1.82) is 0 Å². The van der Waals surface area contributed by atoms with Crippen LogP contribution in [0.25, 0.3) is 0 Å². The fraction of sp³-hybridized carbons (Fsp3) is 0.105. The van der Waals surface area contributed by atoms with Crippen LogP contribution in [0.2, 0.25) is 0 Å². The highest BCUT2D eigenvalue weighted by Gasteiger charge is 2.08. The van der Waals surface area contributed by atoms with Crippen LogP contribution in [0.15, 0.2) is 75.3 Å². The van der Waals surface area contributed by atoms with Crippen molar-refractivity contribution in [3.8, 4) is 0 Å². The lowest BCUT2D eigenvalue weighted by Crippen LogP contribution is -2.17. The molecule has 0 saturated carbocycles. The van der Waals surface area contributed by atoms with Crippen LogP contribution < -0.4 is 5.43 Å². The molecule has 0 fully saturated rings. The number of amides is 1. The number of allylic oxidation sites excluding steroid dienone is 2. The largest absolute Gasteiger partial charge is 0.510 e. The number of carbonyl (C=O) groups is 2. The number of carbonyl (C=O) groups excluding carboxylic acids is 2. The SMILES string of the molecule is CC(=O)/C(N=Nc1ccc(C(=O)N/N=C/c2ccc([N+](=O)[O-])cc2)cc1)=C(/C)O. The molecular weight excluding hydrogens is 378 g/mol. The van der Waals surface area contributed by atoms with Gasteiger partial charge < -0.3 is 5.11 Å². The number of aliphatic hydroxyl groups is 1. The Bertz CT molecular complexity index is 1000. The van der Waals surface area contributed by atoms with Crippen LogP contribution in [0, 0.1) is 10.1 Å². The molecule has 148 valence electrons. The van der Waals surface area contributed by atoms with E-state index in [-0.39, 0.29) is 17.1 Å². The molecule has 0 radical (unpaired) electrons. The second-order valence-electron chi connectivity index (χ2n) is 5.78. The third-order valence-electron chi connectivity index (χ3n) is 3.55. The number of nitro benzene ring substituents is 1. The Morgan fingerprint density at radius 1 is 1.07 bits per heavy atom. The Balaban J connectivity index is 1.99. The van der Waals surface area contributed by atoms with Crippen LogP contribution >= 0.6 is 0 Å². The van der Waals surface area contributed by atoms with E-state index >= 15 is 0 Å². The molecule has 0 unspecified atom stereocenters. The van der Waals surface area contributed by atoms with Crippen molar-refractivity contribution in [3.05, 3.63) is 81.2 Å². The van der Waals surface area contributed by atoms with Crippen LogP contribution in [0.5, 0.6) is 0 Å². The Hall–Kier alpha value is -4.21. The molecule has 10 heteroatoms. The number of nitrogens with zero attached hydrogens (tertiary/aromatic N) is 4. The Kier molecular flexibility index (Phi) is 7.02. The highest BCUT2D eigenvalue weighted by molar-refractivity contribution is 5.95. The minimum Gasteiger partial charge on any atom is -0.510 e. The fourth-order valence-electron chi connectivity index (χ4n) is 2.10. The van der Waals surface area contributed by atoms with Gasteiger partial charge in [0.05, 0.1) is 16.8 Å². The van der Waals surface area contributed by atoms with E-state index in [1.165, 1.54) is 68.6 Å². The summed E-state index contributed by atoms with van der Waals surface area (Å²) in [6.45, 7) is 2.60. The molecular formula is C19H17N5O5.